The first-order valence-electron chi connectivity index (χ1n) is 16.8. The van der Waals surface area contributed by atoms with Gasteiger partial charge in [-0.3, -0.25) is 4.79 Å². The molecule has 47 heavy (non-hydrogen) atoms. The van der Waals surface area contributed by atoms with Gasteiger partial charge in [0.05, 0.1) is 0 Å². The number of urea groups is 2. The summed E-state index contributed by atoms with van der Waals surface area (Å²) < 4.78 is 11.0. The van der Waals surface area contributed by atoms with Gasteiger partial charge in [0.1, 0.15) is 23.8 Å². The van der Waals surface area contributed by atoms with E-state index in [0.29, 0.717) is 24.4 Å². The Balaban J connectivity index is 1.75. The van der Waals surface area contributed by atoms with E-state index in [1.165, 1.54) is 29.1 Å². The number of nitrogens with zero attached hydrogens (tertiary/aromatic N) is 2. The monoisotopic (exact) mass is 650 g/mol. The van der Waals surface area contributed by atoms with Gasteiger partial charge in [0.15, 0.2) is 0 Å². The van der Waals surface area contributed by atoms with Crippen molar-refractivity contribution in [1.29, 1.82) is 0 Å². The number of nitrogens with one attached hydrogen (secondary N) is 1. The second-order valence-corrected chi connectivity index (χ2v) is 14.4. The minimum absolute atomic E-state index is 0.132. The van der Waals surface area contributed by atoms with Gasteiger partial charge in [0.25, 0.3) is 0 Å². The van der Waals surface area contributed by atoms with Gasteiger partial charge in [0, 0.05) is 19.6 Å². The maximum absolute atomic E-state index is 14.1. The van der Waals surface area contributed by atoms with E-state index < -0.39 is 41.2 Å². The molecule has 0 aromatic heterocycles. The summed E-state index contributed by atoms with van der Waals surface area (Å²) in [5.74, 6) is -0.552. The Labute approximate surface area is 280 Å². The number of carbonyl (C=O) groups is 4. The number of imide groups is 1. The molecule has 1 fully saturated rings. The van der Waals surface area contributed by atoms with Crippen molar-refractivity contribution < 1.29 is 28.7 Å². The Morgan fingerprint density at radius 2 is 1.45 bits per heavy atom. The summed E-state index contributed by atoms with van der Waals surface area (Å²) in [5.41, 5.74) is 7.09. The van der Waals surface area contributed by atoms with Crippen LogP contribution in [0.3, 0.4) is 0 Å². The number of rotatable bonds is 12. The van der Waals surface area contributed by atoms with Crippen molar-refractivity contribution in [2.24, 2.45) is 11.7 Å². The van der Waals surface area contributed by atoms with Gasteiger partial charge in [-0.25, -0.2) is 19.3 Å². The molecule has 10 nitrogen and oxygen atoms in total. The van der Waals surface area contributed by atoms with Crippen LogP contribution in [0, 0.1) is 5.92 Å². The van der Waals surface area contributed by atoms with Crippen LogP contribution in [-0.2, 0) is 32.0 Å². The molecule has 0 bridgehead atoms. The van der Waals surface area contributed by atoms with Crippen molar-refractivity contribution in [2.75, 3.05) is 19.6 Å². The van der Waals surface area contributed by atoms with Crippen LogP contribution >= 0.6 is 0 Å². The van der Waals surface area contributed by atoms with Crippen LogP contribution in [0.2, 0.25) is 0 Å². The van der Waals surface area contributed by atoms with E-state index >= 15 is 0 Å². The van der Waals surface area contributed by atoms with Crippen molar-refractivity contribution in [3.05, 3.63) is 71.3 Å². The van der Waals surface area contributed by atoms with Crippen LogP contribution in [0.4, 0.5) is 9.59 Å². The summed E-state index contributed by atoms with van der Waals surface area (Å²) in [6.07, 6.45) is 7.00. The highest BCUT2D eigenvalue weighted by atomic mass is 16.6. The van der Waals surface area contributed by atoms with Crippen molar-refractivity contribution >= 4 is 24.0 Å². The van der Waals surface area contributed by atoms with Crippen molar-refractivity contribution in [3.8, 4) is 0 Å². The molecule has 0 saturated heterocycles. The molecule has 3 N–H and O–H groups in total. The number of hydrogen-bond donors (Lipinski definition) is 2. The maximum Gasteiger partial charge on any atom is 0.328 e. The molecule has 4 amide bonds. The van der Waals surface area contributed by atoms with Gasteiger partial charge in [-0.15, -0.1) is 0 Å². The van der Waals surface area contributed by atoms with Crippen molar-refractivity contribution in [3.63, 3.8) is 0 Å². The standard InChI is InChI=1S/C37H54N4O6/c1-36(2,3)46-31(42)26-40(23-21-27-13-9-7-10-14-27)35(45)41(24-22-28-15-11-8-12-16-28)34(44)39-25-29-17-19-30(20-18-29)32(38)33(43)47-37(4,5)6/h8,11-12,15-20,27,32H,7,9-10,13-14,21-26,38H2,1-6H3,(H,39,44)/t32-/m0/s1. The third-order valence-electron chi connectivity index (χ3n) is 7.93. The number of ether oxygens (including phenoxy) is 2. The summed E-state index contributed by atoms with van der Waals surface area (Å²) in [4.78, 5) is 55.7. The Hall–Kier alpha value is -3.92. The lowest BCUT2D eigenvalue weighted by atomic mass is 9.87. The van der Waals surface area contributed by atoms with Crippen LogP contribution < -0.4 is 11.1 Å². The summed E-state index contributed by atoms with van der Waals surface area (Å²) in [5, 5.41) is 2.87. The molecular weight excluding hydrogens is 596 g/mol. The van der Waals surface area contributed by atoms with Gasteiger partial charge in [-0.1, -0.05) is 86.7 Å². The molecule has 10 heteroatoms. The Bertz CT molecular complexity index is 1310. The van der Waals surface area contributed by atoms with Crippen LogP contribution in [-0.4, -0.2) is 64.6 Å². The molecule has 0 aliphatic heterocycles. The first-order chi connectivity index (χ1) is 22.1. The molecule has 258 valence electrons. The van der Waals surface area contributed by atoms with Gasteiger partial charge in [-0.05, 0) is 77.0 Å². The zero-order chi connectivity index (χ0) is 34.6. The molecule has 1 saturated carbocycles. The highest BCUT2D eigenvalue weighted by molar-refractivity contribution is 5.94. The first-order valence-corrected chi connectivity index (χ1v) is 16.8. The zero-order valence-corrected chi connectivity index (χ0v) is 29.1. The fraction of sp³-hybridized carbons (Fsp3) is 0.568. The summed E-state index contributed by atoms with van der Waals surface area (Å²) >= 11 is 0. The van der Waals surface area contributed by atoms with Crippen molar-refractivity contribution in [2.45, 2.75) is 110 Å². The van der Waals surface area contributed by atoms with Gasteiger partial charge in [-0.2, -0.15) is 0 Å². The normalized spacial score (nSPS) is 14.5. The van der Waals surface area contributed by atoms with Crippen LogP contribution in [0.1, 0.15) is 103 Å². The molecule has 0 unspecified atom stereocenters. The predicted molar refractivity (Wildman–Crippen MR) is 182 cm³/mol. The third kappa shape index (κ3) is 13.4. The first kappa shape index (κ1) is 37.5. The second-order valence-electron chi connectivity index (χ2n) is 14.4. The Morgan fingerprint density at radius 3 is 2.04 bits per heavy atom. The van der Waals surface area contributed by atoms with Crippen LogP contribution in [0.25, 0.3) is 0 Å². The number of nitrogens with two attached hydrogens (primary N) is 1. The quantitative estimate of drug-likeness (QED) is 0.250. The predicted octanol–water partition coefficient (Wildman–Crippen LogP) is 6.52. The van der Waals surface area contributed by atoms with E-state index in [1.807, 2.05) is 30.3 Å². The third-order valence-corrected chi connectivity index (χ3v) is 7.93. The number of hydrogen-bond acceptors (Lipinski definition) is 7. The lowest BCUT2D eigenvalue weighted by Crippen LogP contribution is -2.52. The molecule has 0 spiro atoms. The Morgan fingerprint density at radius 1 is 0.830 bits per heavy atom. The Kier molecular flexibility index (Phi) is 13.8. The molecule has 2 aromatic carbocycles. The number of carbonyl (C=O) groups excluding carboxylic acids is 4. The van der Waals surface area contributed by atoms with Gasteiger partial charge < -0.3 is 25.4 Å². The summed E-state index contributed by atoms with van der Waals surface area (Å²) in [6.45, 7) is 11.1. The fourth-order valence-corrected chi connectivity index (χ4v) is 5.54. The van der Waals surface area contributed by atoms with Gasteiger partial charge in [0.2, 0.25) is 0 Å². The minimum atomic E-state index is -0.937. The average Bonchev–Trinajstić information content (AvgIpc) is 3.01. The lowest BCUT2D eigenvalue weighted by molar-refractivity contribution is -0.157. The highest BCUT2D eigenvalue weighted by Gasteiger charge is 2.30. The molecular formula is C37H54N4O6. The number of amides is 4. The van der Waals surface area contributed by atoms with E-state index in [2.05, 4.69) is 5.32 Å². The molecule has 2 aromatic rings. The molecule has 0 heterocycles. The maximum atomic E-state index is 14.1. The largest absolute Gasteiger partial charge is 0.459 e. The zero-order valence-electron chi connectivity index (χ0n) is 29.1. The van der Waals surface area contributed by atoms with Crippen LogP contribution in [0.5, 0.6) is 0 Å². The van der Waals surface area contributed by atoms with Crippen LogP contribution in [0.15, 0.2) is 54.6 Å². The SMILES string of the molecule is CC(C)(C)OC(=O)CN(CCC1CCCCC1)C(=O)N(CCc1ccccc1)C(=O)NCc1ccc([C@H](N)C(=O)OC(C)(C)C)cc1. The molecule has 1 aliphatic rings. The summed E-state index contributed by atoms with van der Waals surface area (Å²) in [7, 11) is 0. The van der Waals surface area contributed by atoms with Crippen molar-refractivity contribution in [1.82, 2.24) is 15.1 Å². The lowest BCUT2D eigenvalue weighted by Gasteiger charge is -2.32. The van der Waals surface area contributed by atoms with E-state index in [4.69, 9.17) is 15.2 Å². The van der Waals surface area contributed by atoms with Gasteiger partial charge >= 0.3 is 24.0 Å². The van der Waals surface area contributed by atoms with E-state index in [9.17, 15) is 19.2 Å². The molecule has 0 radical (unpaired) electrons. The van der Waals surface area contributed by atoms with E-state index in [1.54, 1.807) is 65.8 Å². The molecule has 1 atom stereocenters. The van der Waals surface area contributed by atoms with E-state index in [-0.39, 0.29) is 19.6 Å². The molecule has 3 rings (SSSR count). The number of benzene rings is 2. The minimum Gasteiger partial charge on any atom is -0.459 e. The van der Waals surface area contributed by atoms with E-state index in [0.717, 1.165) is 30.4 Å². The fourth-order valence-electron chi connectivity index (χ4n) is 5.54. The second kappa shape index (κ2) is 17.3. The highest BCUT2D eigenvalue weighted by Crippen LogP contribution is 2.27. The topological polar surface area (TPSA) is 131 Å². The average molecular weight is 651 g/mol. The molecule has 1 aliphatic carbocycles. The number of esters is 2. The summed E-state index contributed by atoms with van der Waals surface area (Å²) in [6, 6.07) is 14.6. The smallest absolute Gasteiger partial charge is 0.328 e.